The van der Waals surface area contributed by atoms with Gasteiger partial charge in [-0.3, -0.25) is 19.3 Å². The number of hydrogen-bond acceptors (Lipinski definition) is 5. The number of rotatable bonds is 11. The van der Waals surface area contributed by atoms with E-state index in [0.717, 1.165) is 5.56 Å². The van der Waals surface area contributed by atoms with E-state index >= 15 is 0 Å². The van der Waals surface area contributed by atoms with Crippen molar-refractivity contribution in [3.63, 3.8) is 0 Å². The molecule has 8 heteroatoms. The summed E-state index contributed by atoms with van der Waals surface area (Å²) in [4.78, 5) is 39.6. The number of hydrogen-bond donors (Lipinski definition) is 3. The van der Waals surface area contributed by atoms with E-state index in [-0.39, 0.29) is 30.8 Å². The molecule has 0 aliphatic rings. The lowest BCUT2D eigenvalue weighted by Crippen LogP contribution is -2.39. The molecule has 8 nitrogen and oxygen atoms in total. The highest BCUT2D eigenvalue weighted by Gasteiger charge is 2.16. The number of methoxy groups -OCH3 is 1. The zero-order valence-electron chi connectivity index (χ0n) is 19.9. The second kappa shape index (κ2) is 12.9. The van der Waals surface area contributed by atoms with E-state index < -0.39 is 0 Å². The summed E-state index contributed by atoms with van der Waals surface area (Å²) >= 11 is 0. The van der Waals surface area contributed by atoms with Gasteiger partial charge in [-0.1, -0.05) is 49.4 Å². The monoisotopic (exact) mass is 474 g/mol. The van der Waals surface area contributed by atoms with Crippen LogP contribution in [0.5, 0.6) is 5.75 Å². The first-order chi connectivity index (χ1) is 17.0. The van der Waals surface area contributed by atoms with Crippen molar-refractivity contribution in [2.24, 2.45) is 0 Å². The quantitative estimate of drug-likeness (QED) is 0.395. The van der Waals surface area contributed by atoms with E-state index in [4.69, 9.17) is 4.74 Å². The number of likely N-dealkylation sites (N-methyl/N-ethyl adjacent to an activating group) is 1. The van der Waals surface area contributed by atoms with Crippen LogP contribution in [0.25, 0.3) is 0 Å². The van der Waals surface area contributed by atoms with Crippen LogP contribution in [-0.2, 0) is 16.1 Å². The number of anilines is 2. The Morgan fingerprint density at radius 1 is 0.800 bits per heavy atom. The minimum atomic E-state index is -0.313. The molecule has 3 amide bonds. The van der Waals surface area contributed by atoms with Gasteiger partial charge >= 0.3 is 0 Å². The Bertz CT molecular complexity index is 1130. The maximum atomic E-state index is 12.7. The number of para-hydroxylation sites is 1. The zero-order chi connectivity index (χ0) is 25.0. The van der Waals surface area contributed by atoms with Gasteiger partial charge in [0.15, 0.2) is 0 Å². The summed E-state index contributed by atoms with van der Waals surface area (Å²) in [6.07, 6.45) is 0. The van der Waals surface area contributed by atoms with Crippen LogP contribution in [0, 0.1) is 0 Å². The Labute approximate surface area is 205 Å². The molecular formula is C27H30N4O4. The van der Waals surface area contributed by atoms with E-state index in [2.05, 4.69) is 16.0 Å². The van der Waals surface area contributed by atoms with Crippen LogP contribution in [-0.4, -0.2) is 49.4 Å². The molecule has 0 atom stereocenters. The molecule has 3 aromatic carbocycles. The van der Waals surface area contributed by atoms with E-state index in [1.54, 1.807) is 60.5 Å². The fraction of sp³-hybridized carbons (Fsp3) is 0.222. The standard InChI is InChI=1S/C27H30N4O4/c1-3-31(18-25(32)29-21-13-15-22(35-2)16-14-21)19-26(33)30-24-12-8-7-11-23(24)27(34)28-17-20-9-5-4-6-10-20/h4-16H,3,17-19H2,1-2H3,(H,28,34)(H,29,32)(H,30,33). The summed E-state index contributed by atoms with van der Waals surface area (Å²) in [6, 6.07) is 23.4. The zero-order valence-corrected chi connectivity index (χ0v) is 19.9. The molecule has 0 spiro atoms. The summed E-state index contributed by atoms with van der Waals surface area (Å²) in [5.74, 6) is -0.127. The lowest BCUT2D eigenvalue weighted by atomic mass is 10.1. The molecule has 0 heterocycles. The minimum Gasteiger partial charge on any atom is -0.497 e. The number of nitrogens with one attached hydrogen (secondary N) is 3. The van der Waals surface area contributed by atoms with Gasteiger partial charge in [-0.05, 0) is 48.5 Å². The van der Waals surface area contributed by atoms with Crippen LogP contribution in [0.2, 0.25) is 0 Å². The summed E-state index contributed by atoms with van der Waals surface area (Å²) < 4.78 is 5.12. The Hall–Kier alpha value is -4.17. The molecule has 182 valence electrons. The second-order valence-electron chi connectivity index (χ2n) is 7.84. The summed E-state index contributed by atoms with van der Waals surface area (Å²) in [6.45, 7) is 2.82. The van der Waals surface area contributed by atoms with Gasteiger partial charge in [0.1, 0.15) is 5.75 Å². The number of carbonyl (C=O) groups is 3. The van der Waals surface area contributed by atoms with Gasteiger partial charge in [-0.2, -0.15) is 0 Å². The molecule has 0 saturated heterocycles. The van der Waals surface area contributed by atoms with Gasteiger partial charge in [0.2, 0.25) is 11.8 Å². The molecule has 0 radical (unpaired) electrons. The molecule has 0 bridgehead atoms. The maximum absolute atomic E-state index is 12.7. The van der Waals surface area contributed by atoms with Crippen molar-refractivity contribution >= 4 is 29.1 Å². The molecule has 3 aromatic rings. The largest absolute Gasteiger partial charge is 0.497 e. The second-order valence-corrected chi connectivity index (χ2v) is 7.84. The SMILES string of the molecule is CCN(CC(=O)Nc1ccc(OC)cc1)CC(=O)Nc1ccccc1C(=O)NCc1ccccc1. The van der Waals surface area contributed by atoms with E-state index in [0.29, 0.717) is 35.8 Å². The predicted molar refractivity (Wildman–Crippen MR) is 136 cm³/mol. The van der Waals surface area contributed by atoms with Crippen molar-refractivity contribution in [2.75, 3.05) is 37.4 Å². The van der Waals surface area contributed by atoms with Crippen molar-refractivity contribution in [3.05, 3.63) is 90.0 Å². The molecule has 0 aromatic heterocycles. The Kier molecular flexibility index (Phi) is 9.39. The molecule has 3 rings (SSSR count). The molecule has 0 unspecified atom stereocenters. The van der Waals surface area contributed by atoms with Crippen molar-refractivity contribution in [1.29, 1.82) is 0 Å². The van der Waals surface area contributed by atoms with Crippen LogP contribution in [0.15, 0.2) is 78.9 Å². The third-order valence-electron chi connectivity index (χ3n) is 5.30. The normalized spacial score (nSPS) is 10.5. The number of ether oxygens (including phenoxy) is 1. The molecule has 0 aliphatic heterocycles. The van der Waals surface area contributed by atoms with Crippen molar-refractivity contribution in [3.8, 4) is 5.75 Å². The fourth-order valence-corrected chi connectivity index (χ4v) is 3.41. The third-order valence-corrected chi connectivity index (χ3v) is 5.30. The van der Waals surface area contributed by atoms with Crippen molar-refractivity contribution < 1.29 is 19.1 Å². The van der Waals surface area contributed by atoms with Gasteiger partial charge in [0, 0.05) is 12.2 Å². The van der Waals surface area contributed by atoms with Gasteiger partial charge in [-0.15, -0.1) is 0 Å². The van der Waals surface area contributed by atoms with Crippen LogP contribution in [0.1, 0.15) is 22.8 Å². The average molecular weight is 475 g/mol. The highest BCUT2D eigenvalue weighted by atomic mass is 16.5. The van der Waals surface area contributed by atoms with E-state index in [1.807, 2.05) is 37.3 Å². The molecule has 0 fully saturated rings. The number of benzene rings is 3. The predicted octanol–water partition coefficient (Wildman–Crippen LogP) is 3.52. The first kappa shape index (κ1) is 25.5. The summed E-state index contributed by atoms with van der Waals surface area (Å²) in [7, 11) is 1.58. The lowest BCUT2D eigenvalue weighted by molar-refractivity contribution is -0.119. The Morgan fingerprint density at radius 3 is 2.09 bits per heavy atom. The van der Waals surface area contributed by atoms with E-state index in [9.17, 15) is 14.4 Å². The maximum Gasteiger partial charge on any atom is 0.253 e. The molecule has 0 saturated carbocycles. The Morgan fingerprint density at radius 2 is 1.43 bits per heavy atom. The third kappa shape index (κ3) is 7.97. The molecule has 35 heavy (non-hydrogen) atoms. The van der Waals surface area contributed by atoms with Gasteiger partial charge in [0.05, 0.1) is 31.5 Å². The van der Waals surface area contributed by atoms with Gasteiger partial charge in [-0.25, -0.2) is 0 Å². The van der Waals surface area contributed by atoms with Crippen LogP contribution >= 0.6 is 0 Å². The molecular weight excluding hydrogens is 444 g/mol. The number of amides is 3. The van der Waals surface area contributed by atoms with Crippen molar-refractivity contribution in [1.82, 2.24) is 10.2 Å². The summed E-state index contributed by atoms with van der Waals surface area (Å²) in [5, 5.41) is 8.49. The first-order valence-corrected chi connectivity index (χ1v) is 11.4. The summed E-state index contributed by atoms with van der Waals surface area (Å²) in [5.41, 5.74) is 2.42. The van der Waals surface area contributed by atoms with Gasteiger partial charge < -0.3 is 20.7 Å². The van der Waals surface area contributed by atoms with Crippen LogP contribution in [0.3, 0.4) is 0 Å². The molecule has 3 N–H and O–H groups in total. The Balaban J connectivity index is 1.54. The highest BCUT2D eigenvalue weighted by molar-refractivity contribution is 6.04. The highest BCUT2D eigenvalue weighted by Crippen LogP contribution is 2.16. The van der Waals surface area contributed by atoms with Gasteiger partial charge in [0.25, 0.3) is 5.91 Å². The number of carbonyl (C=O) groups excluding carboxylic acids is 3. The smallest absolute Gasteiger partial charge is 0.253 e. The molecule has 0 aliphatic carbocycles. The van der Waals surface area contributed by atoms with Crippen LogP contribution < -0.4 is 20.7 Å². The minimum absolute atomic E-state index is 0.00645. The van der Waals surface area contributed by atoms with Crippen LogP contribution in [0.4, 0.5) is 11.4 Å². The fourth-order valence-electron chi connectivity index (χ4n) is 3.41. The topological polar surface area (TPSA) is 99.8 Å². The van der Waals surface area contributed by atoms with Crippen molar-refractivity contribution in [2.45, 2.75) is 13.5 Å². The average Bonchev–Trinajstić information content (AvgIpc) is 2.88. The van der Waals surface area contributed by atoms with E-state index in [1.165, 1.54) is 0 Å². The number of nitrogens with zero attached hydrogens (tertiary/aromatic N) is 1. The first-order valence-electron chi connectivity index (χ1n) is 11.4. The lowest BCUT2D eigenvalue weighted by Gasteiger charge is -2.20.